The molecule has 0 aliphatic carbocycles. The number of nitrogens with zero attached hydrogens (tertiary/aromatic N) is 1. The van der Waals surface area contributed by atoms with Crippen molar-refractivity contribution in [3.63, 3.8) is 0 Å². The van der Waals surface area contributed by atoms with Gasteiger partial charge in [0.2, 0.25) is 0 Å². The molecule has 0 aliphatic heterocycles. The number of ether oxygens (including phenoxy) is 1. The molecular formula is C24H19Cl2NO3S. The Morgan fingerprint density at radius 1 is 0.903 bits per heavy atom. The molecule has 0 saturated heterocycles. The number of aryl methyl sites for hydroxylation is 1. The molecule has 0 N–H and O–H groups in total. The highest BCUT2D eigenvalue weighted by atomic mass is 35.5. The molecule has 1 heterocycles. The predicted molar refractivity (Wildman–Crippen MR) is 125 cm³/mol. The lowest BCUT2D eigenvalue weighted by Gasteiger charge is -2.11. The van der Waals surface area contributed by atoms with E-state index >= 15 is 0 Å². The molecule has 4 nitrogen and oxygen atoms in total. The molecule has 0 amide bonds. The Labute approximate surface area is 191 Å². The summed E-state index contributed by atoms with van der Waals surface area (Å²) in [7, 11) is -3.47. The van der Waals surface area contributed by atoms with E-state index in [0.29, 0.717) is 22.2 Å². The minimum atomic E-state index is -3.47. The fourth-order valence-electron chi connectivity index (χ4n) is 3.32. The van der Waals surface area contributed by atoms with Gasteiger partial charge in [-0.15, -0.1) is 0 Å². The van der Waals surface area contributed by atoms with Gasteiger partial charge in [-0.05, 0) is 60.0 Å². The van der Waals surface area contributed by atoms with Gasteiger partial charge < -0.3 is 4.74 Å². The van der Waals surface area contributed by atoms with Gasteiger partial charge in [0.25, 0.3) is 0 Å². The van der Waals surface area contributed by atoms with Gasteiger partial charge in [0.1, 0.15) is 12.4 Å². The van der Waals surface area contributed by atoms with E-state index in [9.17, 15) is 8.42 Å². The van der Waals surface area contributed by atoms with Crippen LogP contribution in [0.5, 0.6) is 5.75 Å². The van der Waals surface area contributed by atoms with Crippen LogP contribution in [0.25, 0.3) is 10.9 Å². The number of halogens is 2. The van der Waals surface area contributed by atoms with E-state index in [2.05, 4.69) is 4.98 Å². The van der Waals surface area contributed by atoms with Crippen molar-refractivity contribution in [2.75, 3.05) is 5.75 Å². The van der Waals surface area contributed by atoms with Gasteiger partial charge in [-0.25, -0.2) is 8.42 Å². The van der Waals surface area contributed by atoms with Crippen molar-refractivity contribution in [3.05, 3.63) is 100 Å². The van der Waals surface area contributed by atoms with E-state index in [-0.39, 0.29) is 17.3 Å². The van der Waals surface area contributed by atoms with Crippen LogP contribution in [-0.2, 0) is 22.9 Å². The Balaban J connectivity index is 1.48. The van der Waals surface area contributed by atoms with Crippen LogP contribution >= 0.6 is 23.2 Å². The van der Waals surface area contributed by atoms with Gasteiger partial charge in [0, 0.05) is 16.6 Å². The Bertz CT molecular complexity index is 1330. The summed E-state index contributed by atoms with van der Waals surface area (Å²) < 4.78 is 31.7. The minimum absolute atomic E-state index is 0.00826. The number of benzene rings is 3. The zero-order valence-corrected chi connectivity index (χ0v) is 18.8. The standard InChI is InChI=1S/C24H19Cl2NO3S/c25-19-8-9-24(22(26)15-19)30-16-17-4-3-5-20(14-17)31(28,29)13-11-18-10-12-27-23-7-2-1-6-21(18)23/h1-10,12,14-15H,11,13,16H2. The fraction of sp³-hybridized carbons (Fsp3) is 0.125. The highest BCUT2D eigenvalue weighted by Crippen LogP contribution is 2.28. The third-order valence-electron chi connectivity index (χ3n) is 4.93. The smallest absolute Gasteiger partial charge is 0.178 e. The molecule has 0 spiro atoms. The number of pyridine rings is 1. The molecule has 7 heteroatoms. The summed E-state index contributed by atoms with van der Waals surface area (Å²) in [6, 6.07) is 21.4. The number of hydrogen-bond acceptors (Lipinski definition) is 4. The summed E-state index contributed by atoms with van der Waals surface area (Å²) in [6.45, 7) is 0.194. The van der Waals surface area contributed by atoms with E-state index in [1.54, 1.807) is 42.6 Å². The Hall–Kier alpha value is -2.60. The second-order valence-corrected chi connectivity index (χ2v) is 10.0. The molecule has 0 unspecified atom stereocenters. The van der Waals surface area contributed by atoms with Gasteiger partial charge >= 0.3 is 0 Å². The maximum atomic E-state index is 13.0. The lowest BCUT2D eigenvalue weighted by molar-refractivity contribution is 0.306. The van der Waals surface area contributed by atoms with E-state index in [4.69, 9.17) is 27.9 Å². The number of aromatic nitrogens is 1. The molecule has 0 fully saturated rings. The fourth-order valence-corrected chi connectivity index (χ4v) is 5.12. The number of sulfone groups is 1. The molecule has 3 aromatic carbocycles. The summed E-state index contributed by atoms with van der Waals surface area (Å²) in [5, 5.41) is 1.90. The van der Waals surface area contributed by atoms with Gasteiger partial charge in [-0.2, -0.15) is 0 Å². The van der Waals surface area contributed by atoms with Gasteiger partial charge in [0.15, 0.2) is 9.84 Å². The molecular weight excluding hydrogens is 453 g/mol. The largest absolute Gasteiger partial charge is 0.487 e. The molecule has 158 valence electrons. The monoisotopic (exact) mass is 471 g/mol. The topological polar surface area (TPSA) is 56.3 Å². The summed E-state index contributed by atoms with van der Waals surface area (Å²) in [5.74, 6) is 0.498. The molecule has 4 aromatic rings. The highest BCUT2D eigenvalue weighted by Gasteiger charge is 2.16. The second kappa shape index (κ2) is 9.27. The van der Waals surface area contributed by atoms with Crippen molar-refractivity contribution in [1.82, 2.24) is 4.98 Å². The average Bonchev–Trinajstić information content (AvgIpc) is 2.77. The molecule has 0 radical (unpaired) electrons. The number of para-hydroxylation sites is 1. The third kappa shape index (κ3) is 5.18. The van der Waals surface area contributed by atoms with Gasteiger partial charge in [-0.1, -0.05) is 53.5 Å². The summed E-state index contributed by atoms with van der Waals surface area (Å²) in [5.41, 5.74) is 2.56. The minimum Gasteiger partial charge on any atom is -0.487 e. The highest BCUT2D eigenvalue weighted by molar-refractivity contribution is 7.91. The van der Waals surface area contributed by atoms with E-state index in [1.165, 1.54) is 0 Å². The average molecular weight is 472 g/mol. The Kier molecular flexibility index (Phi) is 6.46. The van der Waals surface area contributed by atoms with Crippen LogP contribution in [0.2, 0.25) is 10.0 Å². The number of rotatable bonds is 7. The van der Waals surface area contributed by atoms with E-state index in [1.807, 2.05) is 36.4 Å². The molecule has 1 aromatic heterocycles. The quantitative estimate of drug-likeness (QED) is 0.324. The molecule has 31 heavy (non-hydrogen) atoms. The summed E-state index contributed by atoms with van der Waals surface area (Å²) in [6.07, 6.45) is 2.12. The normalized spacial score (nSPS) is 11.5. The number of hydrogen-bond donors (Lipinski definition) is 0. The van der Waals surface area contributed by atoms with Crippen molar-refractivity contribution in [2.24, 2.45) is 0 Å². The van der Waals surface area contributed by atoms with E-state index in [0.717, 1.165) is 22.0 Å². The number of fused-ring (bicyclic) bond motifs is 1. The first-order valence-electron chi connectivity index (χ1n) is 9.64. The van der Waals surface area contributed by atoms with Crippen LogP contribution in [0.4, 0.5) is 0 Å². The first kappa shape index (κ1) is 21.6. The maximum absolute atomic E-state index is 13.0. The SMILES string of the molecule is O=S(=O)(CCc1ccnc2ccccc12)c1cccc(COc2ccc(Cl)cc2Cl)c1. The van der Waals surface area contributed by atoms with Crippen LogP contribution in [0.3, 0.4) is 0 Å². The van der Waals surface area contributed by atoms with Crippen molar-refractivity contribution in [3.8, 4) is 5.75 Å². The van der Waals surface area contributed by atoms with Gasteiger partial charge in [-0.3, -0.25) is 4.98 Å². The molecule has 4 rings (SSSR count). The lowest BCUT2D eigenvalue weighted by Crippen LogP contribution is -2.10. The van der Waals surface area contributed by atoms with Crippen LogP contribution in [0, 0.1) is 0 Å². The zero-order valence-electron chi connectivity index (χ0n) is 16.5. The van der Waals surface area contributed by atoms with Crippen molar-refractivity contribution < 1.29 is 13.2 Å². The van der Waals surface area contributed by atoms with Gasteiger partial charge in [0.05, 0.1) is 21.2 Å². The van der Waals surface area contributed by atoms with Crippen molar-refractivity contribution >= 4 is 43.9 Å². The molecule has 0 saturated carbocycles. The van der Waals surface area contributed by atoms with Crippen LogP contribution < -0.4 is 4.74 Å². The molecule has 0 atom stereocenters. The maximum Gasteiger partial charge on any atom is 0.178 e. The third-order valence-corrected chi connectivity index (χ3v) is 7.17. The molecule has 0 aliphatic rings. The predicted octanol–water partition coefficient (Wildman–Crippen LogP) is 6.14. The zero-order chi connectivity index (χ0) is 21.8. The Morgan fingerprint density at radius 2 is 1.74 bits per heavy atom. The Morgan fingerprint density at radius 3 is 2.58 bits per heavy atom. The van der Waals surface area contributed by atoms with Crippen molar-refractivity contribution in [1.29, 1.82) is 0 Å². The van der Waals surface area contributed by atoms with Crippen LogP contribution in [-0.4, -0.2) is 19.2 Å². The summed E-state index contributed by atoms with van der Waals surface area (Å²) in [4.78, 5) is 4.60. The second-order valence-electron chi connectivity index (χ2n) is 7.07. The first-order chi connectivity index (χ1) is 14.9. The first-order valence-corrected chi connectivity index (χ1v) is 12.1. The van der Waals surface area contributed by atoms with E-state index < -0.39 is 9.84 Å². The van der Waals surface area contributed by atoms with Crippen LogP contribution in [0.1, 0.15) is 11.1 Å². The molecule has 0 bridgehead atoms. The van der Waals surface area contributed by atoms with Crippen molar-refractivity contribution in [2.45, 2.75) is 17.9 Å². The summed E-state index contributed by atoms with van der Waals surface area (Å²) >= 11 is 12.0. The lowest BCUT2D eigenvalue weighted by atomic mass is 10.1. The van der Waals surface area contributed by atoms with Crippen LogP contribution in [0.15, 0.2) is 83.9 Å².